The normalized spacial score (nSPS) is 10.2. The van der Waals surface area contributed by atoms with Gasteiger partial charge in [-0.2, -0.15) is 0 Å². The van der Waals surface area contributed by atoms with Crippen molar-refractivity contribution in [3.05, 3.63) is 56.8 Å². The second-order valence-corrected chi connectivity index (χ2v) is 5.08. The summed E-state index contributed by atoms with van der Waals surface area (Å²) in [6, 6.07) is 6.91. The molecule has 8 heteroatoms. The lowest BCUT2D eigenvalue weighted by Gasteiger charge is -2.08. The number of carbonyl (C=O) groups is 2. The lowest BCUT2D eigenvalue weighted by atomic mass is 10.2. The number of carbonyl (C=O) groups excluding carboxylic acids is 1. The van der Waals surface area contributed by atoms with Gasteiger partial charge in [-0.1, -0.05) is 34.8 Å². The van der Waals surface area contributed by atoms with E-state index in [0.29, 0.717) is 5.69 Å². The standard InChI is InChI=1S/C13H7Cl3N2O3/c14-9-5-6(1-2-7(9)13(20)21)17-12(19)8-3-4-10(15)18-11(8)16/h1-5H,(H,17,19)(H,20,21). The molecule has 2 aromatic rings. The van der Waals surface area contributed by atoms with Gasteiger partial charge in [0, 0.05) is 5.69 Å². The summed E-state index contributed by atoms with van der Waals surface area (Å²) in [4.78, 5) is 26.6. The summed E-state index contributed by atoms with van der Waals surface area (Å²) < 4.78 is 0. The summed E-state index contributed by atoms with van der Waals surface area (Å²) in [5, 5.41) is 11.6. The van der Waals surface area contributed by atoms with Crippen molar-refractivity contribution in [1.82, 2.24) is 4.98 Å². The summed E-state index contributed by atoms with van der Waals surface area (Å²) in [6.07, 6.45) is 0. The molecule has 0 spiro atoms. The van der Waals surface area contributed by atoms with E-state index >= 15 is 0 Å². The Hall–Kier alpha value is -1.82. The van der Waals surface area contributed by atoms with Gasteiger partial charge < -0.3 is 10.4 Å². The van der Waals surface area contributed by atoms with E-state index < -0.39 is 11.9 Å². The molecule has 0 aliphatic rings. The molecule has 0 bridgehead atoms. The number of pyridine rings is 1. The smallest absolute Gasteiger partial charge is 0.337 e. The molecule has 21 heavy (non-hydrogen) atoms. The van der Waals surface area contributed by atoms with Crippen LogP contribution >= 0.6 is 34.8 Å². The van der Waals surface area contributed by atoms with E-state index in [1.54, 1.807) is 0 Å². The SMILES string of the molecule is O=C(O)c1ccc(NC(=O)c2ccc(Cl)nc2Cl)cc1Cl. The van der Waals surface area contributed by atoms with Crippen LogP contribution in [0.15, 0.2) is 30.3 Å². The highest BCUT2D eigenvalue weighted by Gasteiger charge is 2.14. The van der Waals surface area contributed by atoms with Crippen LogP contribution in [0.3, 0.4) is 0 Å². The number of rotatable bonds is 3. The Kier molecular flexibility index (Phi) is 4.67. The summed E-state index contributed by atoms with van der Waals surface area (Å²) >= 11 is 17.3. The summed E-state index contributed by atoms with van der Waals surface area (Å²) in [6.45, 7) is 0. The molecule has 1 heterocycles. The molecular weight excluding hydrogens is 339 g/mol. The van der Waals surface area contributed by atoms with Crippen molar-refractivity contribution >= 4 is 52.4 Å². The molecule has 108 valence electrons. The van der Waals surface area contributed by atoms with Gasteiger partial charge in [0.15, 0.2) is 0 Å². The van der Waals surface area contributed by atoms with Gasteiger partial charge >= 0.3 is 5.97 Å². The lowest BCUT2D eigenvalue weighted by Crippen LogP contribution is -2.13. The Balaban J connectivity index is 2.23. The van der Waals surface area contributed by atoms with Gasteiger partial charge in [-0.3, -0.25) is 4.79 Å². The number of carboxylic acids is 1. The van der Waals surface area contributed by atoms with Crippen molar-refractivity contribution in [2.24, 2.45) is 0 Å². The van der Waals surface area contributed by atoms with Gasteiger partial charge in [-0.25, -0.2) is 9.78 Å². The minimum absolute atomic E-state index is 0.0145. The van der Waals surface area contributed by atoms with Gasteiger partial charge in [0.25, 0.3) is 5.91 Å². The third-order valence-corrected chi connectivity index (χ3v) is 3.33. The fourth-order valence-electron chi connectivity index (χ4n) is 1.55. The van der Waals surface area contributed by atoms with Crippen LogP contribution in [-0.4, -0.2) is 22.0 Å². The second-order valence-electron chi connectivity index (χ2n) is 3.93. The maximum Gasteiger partial charge on any atom is 0.337 e. The van der Waals surface area contributed by atoms with Crippen LogP contribution in [0.5, 0.6) is 0 Å². The predicted molar refractivity (Wildman–Crippen MR) is 80.6 cm³/mol. The summed E-state index contributed by atoms with van der Waals surface area (Å²) in [5.74, 6) is -1.66. The average Bonchev–Trinajstić information content (AvgIpc) is 2.37. The Morgan fingerprint density at radius 2 is 1.71 bits per heavy atom. The number of anilines is 1. The van der Waals surface area contributed by atoms with E-state index in [9.17, 15) is 9.59 Å². The molecule has 5 nitrogen and oxygen atoms in total. The zero-order valence-corrected chi connectivity index (χ0v) is 12.5. The van der Waals surface area contributed by atoms with Crippen molar-refractivity contribution in [3.8, 4) is 0 Å². The van der Waals surface area contributed by atoms with Gasteiger partial charge in [-0.05, 0) is 30.3 Å². The third kappa shape index (κ3) is 3.64. The number of hydrogen-bond acceptors (Lipinski definition) is 3. The molecule has 0 aliphatic carbocycles. The molecule has 0 atom stereocenters. The summed E-state index contributed by atoms with van der Waals surface area (Å²) in [7, 11) is 0. The maximum absolute atomic E-state index is 12.0. The monoisotopic (exact) mass is 344 g/mol. The van der Waals surface area contributed by atoms with E-state index in [2.05, 4.69) is 10.3 Å². The van der Waals surface area contributed by atoms with Crippen LogP contribution in [0.1, 0.15) is 20.7 Å². The van der Waals surface area contributed by atoms with Crippen LogP contribution in [0.4, 0.5) is 5.69 Å². The van der Waals surface area contributed by atoms with Crippen molar-refractivity contribution in [3.63, 3.8) is 0 Å². The molecule has 1 aromatic carbocycles. The van der Waals surface area contributed by atoms with Crippen molar-refractivity contribution in [2.45, 2.75) is 0 Å². The number of aromatic nitrogens is 1. The number of nitrogens with one attached hydrogen (secondary N) is 1. The highest BCUT2D eigenvalue weighted by atomic mass is 35.5. The Labute approximate surface area is 134 Å². The van der Waals surface area contributed by atoms with Crippen molar-refractivity contribution < 1.29 is 14.7 Å². The largest absolute Gasteiger partial charge is 0.478 e. The van der Waals surface area contributed by atoms with E-state index in [-0.39, 0.29) is 26.5 Å². The molecule has 1 amide bonds. The Morgan fingerprint density at radius 1 is 1.05 bits per heavy atom. The molecule has 0 radical (unpaired) electrons. The topological polar surface area (TPSA) is 79.3 Å². The van der Waals surface area contributed by atoms with Crippen LogP contribution in [-0.2, 0) is 0 Å². The third-order valence-electron chi connectivity index (χ3n) is 2.52. The van der Waals surface area contributed by atoms with E-state index in [0.717, 1.165) is 0 Å². The number of hydrogen-bond donors (Lipinski definition) is 2. The predicted octanol–water partition coefficient (Wildman–Crippen LogP) is 3.99. The van der Waals surface area contributed by atoms with Crippen LogP contribution in [0.25, 0.3) is 0 Å². The van der Waals surface area contributed by atoms with Gasteiger partial charge in [-0.15, -0.1) is 0 Å². The van der Waals surface area contributed by atoms with E-state index in [4.69, 9.17) is 39.9 Å². The fourth-order valence-corrected chi connectivity index (χ4v) is 2.24. The lowest BCUT2D eigenvalue weighted by molar-refractivity contribution is 0.0697. The number of nitrogens with zero attached hydrogens (tertiary/aromatic N) is 1. The molecule has 0 aliphatic heterocycles. The molecule has 0 unspecified atom stereocenters. The molecule has 0 saturated heterocycles. The van der Waals surface area contributed by atoms with Gasteiger partial charge in [0.1, 0.15) is 10.3 Å². The molecule has 0 saturated carbocycles. The average molecular weight is 346 g/mol. The molecule has 0 fully saturated rings. The Morgan fingerprint density at radius 3 is 2.29 bits per heavy atom. The number of aromatic carboxylic acids is 1. The minimum atomic E-state index is -1.15. The van der Waals surface area contributed by atoms with E-state index in [1.807, 2.05) is 0 Å². The molecule has 1 aromatic heterocycles. The first kappa shape index (κ1) is 15.6. The number of amides is 1. The maximum atomic E-state index is 12.0. The highest BCUT2D eigenvalue weighted by Crippen LogP contribution is 2.23. The minimum Gasteiger partial charge on any atom is -0.478 e. The van der Waals surface area contributed by atoms with Crippen molar-refractivity contribution in [1.29, 1.82) is 0 Å². The second kappa shape index (κ2) is 6.30. The highest BCUT2D eigenvalue weighted by molar-refractivity contribution is 6.35. The van der Waals surface area contributed by atoms with Gasteiger partial charge in [0.2, 0.25) is 0 Å². The first-order valence-electron chi connectivity index (χ1n) is 5.54. The molecule has 2 N–H and O–H groups in total. The zero-order chi connectivity index (χ0) is 15.6. The number of halogens is 3. The van der Waals surface area contributed by atoms with Crippen LogP contribution in [0, 0.1) is 0 Å². The van der Waals surface area contributed by atoms with Gasteiger partial charge in [0.05, 0.1) is 16.1 Å². The molecular formula is C13H7Cl3N2O3. The number of carboxylic acid groups (broad SMARTS) is 1. The first-order chi connectivity index (χ1) is 9.88. The van der Waals surface area contributed by atoms with Crippen LogP contribution in [0.2, 0.25) is 15.3 Å². The number of benzene rings is 1. The fraction of sp³-hybridized carbons (Fsp3) is 0. The van der Waals surface area contributed by atoms with E-state index in [1.165, 1.54) is 30.3 Å². The zero-order valence-electron chi connectivity index (χ0n) is 10.2. The first-order valence-corrected chi connectivity index (χ1v) is 6.68. The molecule has 2 rings (SSSR count). The Bertz CT molecular complexity index is 735. The quantitative estimate of drug-likeness (QED) is 0.824. The van der Waals surface area contributed by atoms with Crippen LogP contribution < -0.4 is 5.32 Å². The summed E-state index contributed by atoms with van der Waals surface area (Å²) in [5.41, 5.74) is 0.418. The van der Waals surface area contributed by atoms with Crippen molar-refractivity contribution in [2.75, 3.05) is 5.32 Å².